The summed E-state index contributed by atoms with van der Waals surface area (Å²) in [6.45, 7) is 6.60. The van der Waals surface area contributed by atoms with Gasteiger partial charge in [0, 0.05) is 20.1 Å². The molecule has 1 aliphatic carbocycles. The molecule has 3 atom stereocenters. The lowest BCUT2D eigenvalue weighted by atomic mass is 9.64. The maximum absolute atomic E-state index is 12.4. The zero-order chi connectivity index (χ0) is 19.4. The molecule has 0 saturated heterocycles. The van der Waals surface area contributed by atoms with E-state index >= 15 is 0 Å². The normalized spacial score (nSPS) is 24.3. The van der Waals surface area contributed by atoms with Crippen LogP contribution in [0.15, 0.2) is 30.3 Å². The highest BCUT2D eigenvalue weighted by molar-refractivity contribution is 7.54. The number of ether oxygens (including phenoxy) is 1. The van der Waals surface area contributed by atoms with Crippen molar-refractivity contribution in [2.75, 3.05) is 20.4 Å². The first-order valence-electron chi connectivity index (χ1n) is 9.17. The Morgan fingerprint density at radius 3 is 2.35 bits per heavy atom. The van der Waals surface area contributed by atoms with Gasteiger partial charge in [0.1, 0.15) is 12.3 Å². The van der Waals surface area contributed by atoms with Gasteiger partial charge in [-0.2, -0.15) is 0 Å². The SMILES string of the molecule is COP(=O)(CC(=O)O[C@@H]1C[C@H](C)CC[C@H]1C(C)(C)c1ccccc1)OC. The molecule has 1 aromatic carbocycles. The topological polar surface area (TPSA) is 61.8 Å². The Hall–Kier alpha value is -1.16. The molecule has 0 bridgehead atoms. The zero-order valence-corrected chi connectivity index (χ0v) is 17.3. The smallest absolute Gasteiger partial charge is 0.341 e. The standard InChI is InChI=1S/C20H31O5P/c1-15-11-12-17(20(2,3)16-9-7-6-8-10-16)18(13-15)25-19(21)14-26(22,23-4)24-5/h6-10,15,17-18H,11-14H2,1-5H3/t15-,17-,18-/m1/s1. The molecule has 1 aromatic rings. The van der Waals surface area contributed by atoms with E-state index < -0.39 is 13.6 Å². The van der Waals surface area contributed by atoms with Gasteiger partial charge in [0.15, 0.2) is 0 Å². The van der Waals surface area contributed by atoms with E-state index in [1.165, 1.54) is 19.8 Å². The summed E-state index contributed by atoms with van der Waals surface area (Å²) in [5.74, 6) is 0.173. The maximum atomic E-state index is 12.4. The number of esters is 1. The van der Waals surface area contributed by atoms with E-state index in [1.54, 1.807) is 0 Å². The minimum Gasteiger partial charge on any atom is -0.462 e. The van der Waals surface area contributed by atoms with Gasteiger partial charge in [0.05, 0.1) is 0 Å². The van der Waals surface area contributed by atoms with Gasteiger partial charge >= 0.3 is 13.6 Å². The van der Waals surface area contributed by atoms with Crippen LogP contribution < -0.4 is 0 Å². The van der Waals surface area contributed by atoms with E-state index in [1.807, 2.05) is 18.2 Å². The molecule has 6 heteroatoms. The van der Waals surface area contributed by atoms with Gasteiger partial charge in [-0.15, -0.1) is 0 Å². The molecule has 0 heterocycles. The summed E-state index contributed by atoms with van der Waals surface area (Å²) in [6, 6.07) is 10.3. The lowest BCUT2D eigenvalue weighted by molar-refractivity contribution is -0.153. The van der Waals surface area contributed by atoms with Crippen molar-refractivity contribution in [3.8, 4) is 0 Å². The number of hydrogen-bond donors (Lipinski definition) is 0. The fourth-order valence-corrected chi connectivity index (χ4v) is 4.73. The molecule has 0 radical (unpaired) electrons. The highest BCUT2D eigenvalue weighted by Crippen LogP contribution is 2.47. The van der Waals surface area contributed by atoms with Crippen LogP contribution in [0.3, 0.4) is 0 Å². The van der Waals surface area contributed by atoms with Gasteiger partial charge in [-0.3, -0.25) is 9.36 Å². The third-order valence-corrected chi connectivity index (χ3v) is 7.42. The van der Waals surface area contributed by atoms with Crippen LogP contribution in [0.2, 0.25) is 0 Å². The van der Waals surface area contributed by atoms with Crippen molar-refractivity contribution in [1.29, 1.82) is 0 Å². The molecular formula is C20H31O5P. The van der Waals surface area contributed by atoms with Crippen LogP contribution >= 0.6 is 7.60 Å². The van der Waals surface area contributed by atoms with E-state index in [0.717, 1.165) is 19.3 Å². The van der Waals surface area contributed by atoms with Crippen LogP contribution in [0.5, 0.6) is 0 Å². The molecule has 26 heavy (non-hydrogen) atoms. The molecule has 0 N–H and O–H groups in total. The Labute approximate surface area is 156 Å². The average molecular weight is 382 g/mol. The van der Waals surface area contributed by atoms with Gasteiger partial charge in [0.2, 0.25) is 0 Å². The van der Waals surface area contributed by atoms with E-state index in [4.69, 9.17) is 13.8 Å². The van der Waals surface area contributed by atoms with Crippen molar-refractivity contribution in [1.82, 2.24) is 0 Å². The minimum atomic E-state index is -3.41. The van der Waals surface area contributed by atoms with Gasteiger partial charge < -0.3 is 13.8 Å². The third kappa shape index (κ3) is 4.97. The summed E-state index contributed by atoms with van der Waals surface area (Å²) < 4.78 is 27.8. The molecule has 1 aliphatic rings. The molecule has 1 saturated carbocycles. The van der Waals surface area contributed by atoms with Gasteiger partial charge in [0.25, 0.3) is 0 Å². The lowest BCUT2D eigenvalue weighted by Crippen LogP contribution is -2.43. The molecule has 0 unspecified atom stereocenters. The monoisotopic (exact) mass is 382 g/mol. The maximum Gasteiger partial charge on any atom is 0.341 e. The minimum absolute atomic E-state index is 0.126. The average Bonchev–Trinajstić information content (AvgIpc) is 2.62. The zero-order valence-electron chi connectivity index (χ0n) is 16.4. The highest BCUT2D eigenvalue weighted by Gasteiger charge is 2.42. The fourth-order valence-electron chi connectivity index (χ4n) is 3.93. The summed E-state index contributed by atoms with van der Waals surface area (Å²) in [7, 11) is -0.855. The number of carbonyl (C=O) groups is 1. The van der Waals surface area contributed by atoms with Gasteiger partial charge in [-0.25, -0.2) is 0 Å². The predicted octanol–water partition coefficient (Wildman–Crippen LogP) is 4.80. The summed E-state index contributed by atoms with van der Waals surface area (Å²) in [5.41, 5.74) is 1.11. The second kappa shape index (κ2) is 8.69. The molecule has 0 aromatic heterocycles. The fraction of sp³-hybridized carbons (Fsp3) is 0.650. The third-order valence-electron chi connectivity index (χ3n) is 5.66. The number of benzene rings is 1. The first-order chi connectivity index (χ1) is 12.2. The Kier molecular flexibility index (Phi) is 7.06. The molecule has 2 rings (SSSR count). The Bertz CT molecular complexity index is 635. The van der Waals surface area contributed by atoms with Gasteiger partial charge in [-0.05, 0) is 29.7 Å². The molecule has 1 fully saturated rings. The molecule has 0 spiro atoms. The van der Waals surface area contributed by atoms with Crippen molar-refractivity contribution in [3.63, 3.8) is 0 Å². The van der Waals surface area contributed by atoms with Crippen molar-refractivity contribution >= 4 is 13.6 Å². The summed E-state index contributed by atoms with van der Waals surface area (Å²) in [5, 5.41) is 0. The Morgan fingerprint density at radius 1 is 1.15 bits per heavy atom. The van der Waals surface area contributed by atoms with Crippen molar-refractivity contribution < 1.29 is 23.1 Å². The molecular weight excluding hydrogens is 351 g/mol. The Balaban J connectivity index is 2.18. The van der Waals surface area contributed by atoms with Crippen LogP contribution in [0.1, 0.15) is 45.6 Å². The molecule has 5 nitrogen and oxygen atoms in total. The van der Waals surface area contributed by atoms with E-state index in [-0.39, 0.29) is 23.6 Å². The van der Waals surface area contributed by atoms with Crippen LogP contribution in [0.25, 0.3) is 0 Å². The summed E-state index contributed by atoms with van der Waals surface area (Å²) >= 11 is 0. The molecule has 0 amide bonds. The lowest BCUT2D eigenvalue weighted by Gasteiger charge is -2.44. The van der Waals surface area contributed by atoms with E-state index in [2.05, 4.69) is 32.9 Å². The highest BCUT2D eigenvalue weighted by atomic mass is 31.2. The number of carbonyl (C=O) groups excluding carboxylic acids is 1. The first-order valence-corrected chi connectivity index (χ1v) is 10.9. The molecule has 146 valence electrons. The van der Waals surface area contributed by atoms with E-state index in [9.17, 15) is 9.36 Å². The van der Waals surface area contributed by atoms with Crippen molar-refractivity contribution in [2.24, 2.45) is 11.8 Å². The van der Waals surface area contributed by atoms with Crippen LogP contribution in [-0.2, 0) is 28.6 Å². The second-order valence-corrected chi connectivity index (χ2v) is 10.0. The largest absolute Gasteiger partial charge is 0.462 e. The van der Waals surface area contributed by atoms with Gasteiger partial charge in [-0.1, -0.05) is 57.5 Å². The van der Waals surface area contributed by atoms with E-state index in [0.29, 0.717) is 5.92 Å². The first kappa shape index (κ1) is 21.1. The number of hydrogen-bond acceptors (Lipinski definition) is 5. The van der Waals surface area contributed by atoms with Crippen molar-refractivity contribution in [2.45, 2.75) is 51.6 Å². The molecule has 0 aliphatic heterocycles. The van der Waals surface area contributed by atoms with Crippen molar-refractivity contribution in [3.05, 3.63) is 35.9 Å². The quantitative estimate of drug-likeness (QED) is 0.501. The predicted molar refractivity (Wildman–Crippen MR) is 102 cm³/mol. The summed E-state index contributed by atoms with van der Waals surface area (Å²) in [6.07, 6.45) is 2.36. The second-order valence-electron chi connectivity index (χ2n) is 7.77. The van der Waals surface area contributed by atoms with Crippen LogP contribution in [-0.4, -0.2) is 32.5 Å². The number of rotatable bonds is 7. The Morgan fingerprint density at radius 2 is 1.77 bits per heavy atom. The van der Waals surface area contributed by atoms with Crippen LogP contribution in [0.4, 0.5) is 0 Å². The van der Waals surface area contributed by atoms with Crippen LogP contribution in [0, 0.1) is 11.8 Å². The summed E-state index contributed by atoms with van der Waals surface area (Å²) in [4.78, 5) is 12.4.